The lowest BCUT2D eigenvalue weighted by atomic mass is 10.1. The van der Waals surface area contributed by atoms with E-state index in [1.165, 1.54) is 0 Å². The summed E-state index contributed by atoms with van der Waals surface area (Å²) in [5.41, 5.74) is 8.03. The predicted octanol–water partition coefficient (Wildman–Crippen LogP) is 1.15. The van der Waals surface area contributed by atoms with Gasteiger partial charge >= 0.3 is 0 Å². The van der Waals surface area contributed by atoms with Crippen LogP contribution in [0, 0.1) is 25.2 Å². The fourth-order valence-corrected chi connectivity index (χ4v) is 2.22. The second-order valence-electron chi connectivity index (χ2n) is 5.49. The van der Waals surface area contributed by atoms with Gasteiger partial charge in [0.15, 0.2) is 0 Å². The Balaban J connectivity index is 1.73. The molecule has 2 rings (SSSR count). The van der Waals surface area contributed by atoms with Gasteiger partial charge < -0.3 is 0 Å². The molecular formula is C17H19N5O2. The number of nitrogens with zero attached hydrogens (tertiary/aromatic N) is 3. The third-order valence-corrected chi connectivity index (χ3v) is 3.46. The zero-order valence-electron chi connectivity index (χ0n) is 13.7. The average Bonchev–Trinajstić information content (AvgIpc) is 2.88. The fourth-order valence-electron chi connectivity index (χ4n) is 2.22. The number of nitriles is 1. The molecule has 0 fully saturated rings. The zero-order chi connectivity index (χ0) is 17.5. The van der Waals surface area contributed by atoms with E-state index in [1.807, 2.05) is 38.1 Å². The van der Waals surface area contributed by atoms with Crippen LogP contribution in [-0.4, -0.2) is 21.6 Å². The highest BCUT2D eigenvalue weighted by molar-refractivity contribution is 5.81. The SMILES string of the molecule is Cc1cc(C)n(CC(=O)NNC(=O)CCc2ccc(C#N)cc2)n1. The van der Waals surface area contributed by atoms with Crippen molar-refractivity contribution in [1.82, 2.24) is 20.6 Å². The van der Waals surface area contributed by atoms with E-state index in [1.54, 1.807) is 16.8 Å². The number of carbonyl (C=O) groups excluding carboxylic acids is 2. The molecule has 1 aromatic heterocycles. The first-order chi connectivity index (χ1) is 11.5. The maximum atomic E-state index is 11.8. The van der Waals surface area contributed by atoms with E-state index in [9.17, 15) is 9.59 Å². The van der Waals surface area contributed by atoms with Crippen LogP contribution >= 0.6 is 0 Å². The van der Waals surface area contributed by atoms with Crippen LogP contribution in [0.1, 0.15) is 28.9 Å². The van der Waals surface area contributed by atoms with Gasteiger partial charge in [-0.15, -0.1) is 0 Å². The Labute approximate surface area is 140 Å². The smallest absolute Gasteiger partial charge is 0.260 e. The monoisotopic (exact) mass is 325 g/mol. The minimum absolute atomic E-state index is 0.0512. The van der Waals surface area contributed by atoms with Gasteiger partial charge in [-0.05, 0) is 44.0 Å². The summed E-state index contributed by atoms with van der Waals surface area (Å²) < 4.78 is 1.58. The van der Waals surface area contributed by atoms with Gasteiger partial charge in [0.25, 0.3) is 5.91 Å². The summed E-state index contributed by atoms with van der Waals surface area (Å²) in [7, 11) is 0. The Bertz CT molecular complexity index is 771. The van der Waals surface area contributed by atoms with E-state index >= 15 is 0 Å². The third kappa shape index (κ3) is 4.95. The molecule has 0 radical (unpaired) electrons. The van der Waals surface area contributed by atoms with Crippen LogP contribution < -0.4 is 10.9 Å². The van der Waals surface area contributed by atoms with Gasteiger partial charge in [0.05, 0.1) is 17.3 Å². The molecule has 1 aromatic carbocycles. The Morgan fingerprint density at radius 1 is 1.17 bits per heavy atom. The molecule has 7 nitrogen and oxygen atoms in total. The van der Waals surface area contributed by atoms with Crippen molar-refractivity contribution in [3.8, 4) is 6.07 Å². The maximum Gasteiger partial charge on any atom is 0.260 e. The van der Waals surface area contributed by atoms with E-state index in [0.29, 0.717) is 12.0 Å². The molecule has 0 atom stereocenters. The normalized spacial score (nSPS) is 10.0. The van der Waals surface area contributed by atoms with Crippen molar-refractivity contribution in [3.63, 3.8) is 0 Å². The fraction of sp³-hybridized carbons (Fsp3) is 0.294. The molecular weight excluding hydrogens is 306 g/mol. The molecule has 0 aliphatic carbocycles. The van der Waals surface area contributed by atoms with Crippen LogP contribution in [0.2, 0.25) is 0 Å². The van der Waals surface area contributed by atoms with E-state index in [4.69, 9.17) is 5.26 Å². The molecule has 124 valence electrons. The molecule has 0 aliphatic rings. The van der Waals surface area contributed by atoms with Crippen LogP contribution in [0.25, 0.3) is 0 Å². The number of nitrogens with one attached hydrogen (secondary N) is 2. The molecule has 0 unspecified atom stereocenters. The molecule has 0 aliphatic heterocycles. The van der Waals surface area contributed by atoms with Crippen molar-refractivity contribution < 1.29 is 9.59 Å². The minimum Gasteiger partial charge on any atom is -0.273 e. The van der Waals surface area contributed by atoms with Crippen LogP contribution in [0.4, 0.5) is 0 Å². The van der Waals surface area contributed by atoms with Crippen molar-refractivity contribution >= 4 is 11.8 Å². The second-order valence-corrected chi connectivity index (χ2v) is 5.49. The van der Waals surface area contributed by atoms with Crippen molar-refractivity contribution in [3.05, 3.63) is 52.8 Å². The Kier molecular flexibility index (Phi) is 5.68. The van der Waals surface area contributed by atoms with Gasteiger partial charge in [-0.2, -0.15) is 10.4 Å². The predicted molar refractivity (Wildman–Crippen MR) is 87.5 cm³/mol. The van der Waals surface area contributed by atoms with Crippen LogP contribution in [-0.2, 0) is 22.6 Å². The molecule has 2 aromatic rings. The van der Waals surface area contributed by atoms with Gasteiger partial charge in [-0.1, -0.05) is 12.1 Å². The van der Waals surface area contributed by atoms with Crippen LogP contribution in [0.5, 0.6) is 0 Å². The molecule has 7 heteroatoms. The number of hydrogen-bond donors (Lipinski definition) is 2. The summed E-state index contributed by atoms with van der Waals surface area (Å²) in [6.45, 7) is 3.77. The third-order valence-electron chi connectivity index (χ3n) is 3.46. The Hall–Kier alpha value is -3.14. The average molecular weight is 325 g/mol. The molecule has 0 bridgehead atoms. The van der Waals surface area contributed by atoms with E-state index in [0.717, 1.165) is 17.0 Å². The van der Waals surface area contributed by atoms with Crippen molar-refractivity contribution in [2.75, 3.05) is 0 Å². The molecule has 2 amide bonds. The summed E-state index contributed by atoms with van der Waals surface area (Å²) in [6, 6.07) is 11.0. The van der Waals surface area contributed by atoms with Crippen molar-refractivity contribution in [2.24, 2.45) is 0 Å². The Morgan fingerprint density at radius 3 is 2.42 bits per heavy atom. The first kappa shape index (κ1) is 17.2. The maximum absolute atomic E-state index is 11.8. The summed E-state index contributed by atoms with van der Waals surface area (Å²) in [6.07, 6.45) is 0.775. The van der Waals surface area contributed by atoms with Gasteiger partial charge in [0.1, 0.15) is 6.54 Å². The highest BCUT2D eigenvalue weighted by Gasteiger charge is 2.08. The van der Waals surface area contributed by atoms with Crippen LogP contribution in [0.15, 0.2) is 30.3 Å². The first-order valence-corrected chi connectivity index (χ1v) is 7.55. The lowest BCUT2D eigenvalue weighted by Crippen LogP contribution is -2.43. The lowest BCUT2D eigenvalue weighted by Gasteiger charge is -2.08. The molecule has 0 saturated heterocycles. The number of amides is 2. The standard InChI is InChI=1S/C17H19N5O2/c1-12-9-13(2)22(21-12)11-17(24)20-19-16(23)8-7-14-3-5-15(10-18)6-4-14/h3-6,9H,7-8,11H2,1-2H3,(H,19,23)(H,20,24). The first-order valence-electron chi connectivity index (χ1n) is 7.55. The second kappa shape index (κ2) is 7.92. The zero-order valence-corrected chi connectivity index (χ0v) is 13.7. The van der Waals surface area contributed by atoms with Gasteiger partial charge in [0, 0.05) is 12.1 Å². The summed E-state index contributed by atoms with van der Waals surface area (Å²) >= 11 is 0. The highest BCUT2D eigenvalue weighted by atomic mass is 16.2. The van der Waals surface area contributed by atoms with Crippen molar-refractivity contribution in [1.29, 1.82) is 5.26 Å². The lowest BCUT2D eigenvalue weighted by molar-refractivity contribution is -0.129. The number of benzene rings is 1. The number of aryl methyl sites for hydroxylation is 3. The number of rotatable bonds is 5. The molecule has 0 spiro atoms. The number of hydrazine groups is 1. The van der Waals surface area contributed by atoms with E-state index in [-0.39, 0.29) is 24.8 Å². The minimum atomic E-state index is -0.340. The quantitative estimate of drug-likeness (QED) is 0.805. The van der Waals surface area contributed by atoms with E-state index in [2.05, 4.69) is 16.0 Å². The van der Waals surface area contributed by atoms with Crippen molar-refractivity contribution in [2.45, 2.75) is 33.2 Å². The van der Waals surface area contributed by atoms with Crippen LogP contribution in [0.3, 0.4) is 0 Å². The molecule has 24 heavy (non-hydrogen) atoms. The number of hydrogen-bond acceptors (Lipinski definition) is 4. The van der Waals surface area contributed by atoms with Gasteiger partial charge in [-0.25, -0.2) is 0 Å². The summed E-state index contributed by atoms with van der Waals surface area (Å²) in [5.74, 6) is -0.617. The summed E-state index contributed by atoms with van der Waals surface area (Å²) in [5, 5.41) is 12.9. The number of aromatic nitrogens is 2. The van der Waals surface area contributed by atoms with Gasteiger partial charge in [0.2, 0.25) is 5.91 Å². The number of carbonyl (C=O) groups is 2. The van der Waals surface area contributed by atoms with Gasteiger partial charge in [-0.3, -0.25) is 25.1 Å². The molecule has 2 N–H and O–H groups in total. The topological polar surface area (TPSA) is 99.8 Å². The molecule has 0 saturated carbocycles. The van der Waals surface area contributed by atoms with E-state index < -0.39 is 0 Å². The molecule has 1 heterocycles. The Morgan fingerprint density at radius 2 is 1.83 bits per heavy atom. The highest BCUT2D eigenvalue weighted by Crippen LogP contribution is 2.05. The summed E-state index contributed by atoms with van der Waals surface area (Å²) in [4.78, 5) is 23.6. The largest absolute Gasteiger partial charge is 0.273 e.